The number of nitrogens with zero attached hydrogens (tertiary/aromatic N) is 1. The second-order valence-electron chi connectivity index (χ2n) is 6.96. The van der Waals surface area contributed by atoms with Gasteiger partial charge in [-0.3, -0.25) is 9.59 Å². The molecule has 1 atom stereocenters. The normalized spacial score (nSPS) is 15.9. The van der Waals surface area contributed by atoms with Crippen LogP contribution >= 0.6 is 0 Å². The van der Waals surface area contributed by atoms with E-state index in [0.29, 0.717) is 5.56 Å². The highest BCUT2D eigenvalue weighted by Gasteiger charge is 2.27. The molecule has 1 fully saturated rings. The predicted octanol–water partition coefficient (Wildman–Crippen LogP) is 2.39. The Kier molecular flexibility index (Phi) is 7.63. The number of rotatable bonds is 6. The van der Waals surface area contributed by atoms with Crippen LogP contribution in [0.25, 0.3) is 0 Å². The summed E-state index contributed by atoms with van der Waals surface area (Å²) < 4.78 is 5.21. The van der Waals surface area contributed by atoms with Crippen molar-refractivity contribution in [3.63, 3.8) is 0 Å². The molecule has 1 saturated heterocycles. The fourth-order valence-corrected chi connectivity index (χ4v) is 2.95. The van der Waals surface area contributed by atoms with Gasteiger partial charge in [0.15, 0.2) is 6.61 Å². The predicted molar refractivity (Wildman–Crippen MR) is 98.5 cm³/mol. The van der Waals surface area contributed by atoms with Crippen LogP contribution in [0.3, 0.4) is 0 Å². The summed E-state index contributed by atoms with van der Waals surface area (Å²) in [6.45, 7) is 4.81. The highest BCUT2D eigenvalue weighted by Crippen LogP contribution is 2.11. The number of nitrogens with one attached hydrogen (secondary N) is 1. The first-order chi connectivity index (χ1) is 12.5. The van der Waals surface area contributed by atoms with Gasteiger partial charge in [-0.2, -0.15) is 0 Å². The molecule has 6 heteroatoms. The van der Waals surface area contributed by atoms with Crippen LogP contribution in [0.15, 0.2) is 30.3 Å². The third-order valence-electron chi connectivity index (χ3n) is 4.54. The van der Waals surface area contributed by atoms with E-state index in [1.807, 2.05) is 19.9 Å². The van der Waals surface area contributed by atoms with Crippen LogP contribution in [0.1, 0.15) is 49.9 Å². The number of esters is 1. The summed E-state index contributed by atoms with van der Waals surface area (Å²) in [5.41, 5.74) is 0.478. The quantitative estimate of drug-likeness (QED) is 0.791. The smallest absolute Gasteiger partial charge is 0.329 e. The number of ether oxygens (including phenoxy) is 1. The number of hydrogen-bond acceptors (Lipinski definition) is 4. The number of amides is 2. The first kappa shape index (κ1) is 19.9. The van der Waals surface area contributed by atoms with Crippen molar-refractivity contribution in [3.05, 3.63) is 35.9 Å². The molecule has 1 aliphatic rings. The minimum absolute atomic E-state index is 0.150. The SMILES string of the molecule is CC(C)[C@H](NC(=O)c1ccccc1)C(=O)OCC(=O)N1CCCCCC1. The molecular formula is C20H28N2O4. The Morgan fingerprint density at radius 1 is 1.04 bits per heavy atom. The zero-order valence-electron chi connectivity index (χ0n) is 15.6. The molecule has 0 saturated carbocycles. The van der Waals surface area contributed by atoms with E-state index in [4.69, 9.17) is 4.74 Å². The summed E-state index contributed by atoms with van der Waals surface area (Å²) in [5, 5.41) is 2.71. The van der Waals surface area contributed by atoms with E-state index < -0.39 is 12.0 Å². The highest BCUT2D eigenvalue weighted by molar-refractivity contribution is 5.97. The molecule has 0 aromatic heterocycles. The first-order valence-electron chi connectivity index (χ1n) is 9.29. The number of benzene rings is 1. The number of carbonyl (C=O) groups excluding carboxylic acids is 3. The molecular weight excluding hydrogens is 332 g/mol. The molecule has 1 aromatic rings. The van der Waals surface area contributed by atoms with Gasteiger partial charge in [0.1, 0.15) is 6.04 Å². The van der Waals surface area contributed by atoms with Crippen molar-refractivity contribution in [2.75, 3.05) is 19.7 Å². The molecule has 26 heavy (non-hydrogen) atoms. The lowest BCUT2D eigenvalue weighted by Crippen LogP contribution is -2.46. The van der Waals surface area contributed by atoms with Crippen molar-refractivity contribution in [3.8, 4) is 0 Å². The van der Waals surface area contributed by atoms with E-state index in [2.05, 4.69) is 5.32 Å². The van der Waals surface area contributed by atoms with Gasteiger partial charge in [0.05, 0.1) is 0 Å². The van der Waals surface area contributed by atoms with Gasteiger partial charge in [-0.15, -0.1) is 0 Å². The van der Waals surface area contributed by atoms with Gasteiger partial charge in [0, 0.05) is 18.7 Å². The van der Waals surface area contributed by atoms with Gasteiger partial charge in [0.2, 0.25) is 0 Å². The van der Waals surface area contributed by atoms with Gasteiger partial charge in [-0.25, -0.2) is 4.79 Å². The van der Waals surface area contributed by atoms with Crippen LogP contribution in [0.4, 0.5) is 0 Å². The minimum Gasteiger partial charge on any atom is -0.454 e. The Morgan fingerprint density at radius 2 is 1.65 bits per heavy atom. The number of likely N-dealkylation sites (tertiary alicyclic amines) is 1. The van der Waals surface area contributed by atoms with Crippen molar-refractivity contribution in [2.24, 2.45) is 5.92 Å². The molecule has 0 spiro atoms. The second-order valence-corrected chi connectivity index (χ2v) is 6.96. The fraction of sp³-hybridized carbons (Fsp3) is 0.550. The largest absolute Gasteiger partial charge is 0.454 e. The summed E-state index contributed by atoms with van der Waals surface area (Å²) in [7, 11) is 0. The summed E-state index contributed by atoms with van der Waals surface area (Å²) >= 11 is 0. The standard InChI is InChI=1S/C20H28N2O4/c1-15(2)18(21-19(24)16-10-6-5-7-11-16)20(25)26-14-17(23)22-12-8-3-4-9-13-22/h5-7,10-11,15,18H,3-4,8-9,12-14H2,1-2H3,(H,21,24)/t18-/m0/s1. The zero-order chi connectivity index (χ0) is 18.9. The average Bonchev–Trinajstić information content (AvgIpc) is 2.93. The van der Waals surface area contributed by atoms with Crippen LogP contribution in [-0.4, -0.2) is 48.4 Å². The maximum absolute atomic E-state index is 12.4. The summed E-state index contributed by atoms with van der Waals surface area (Å²) in [4.78, 5) is 38.7. The molecule has 1 aliphatic heterocycles. The Morgan fingerprint density at radius 3 is 2.23 bits per heavy atom. The Hall–Kier alpha value is -2.37. The molecule has 2 amide bonds. The lowest BCUT2D eigenvalue weighted by atomic mass is 10.0. The van der Waals surface area contributed by atoms with Gasteiger partial charge >= 0.3 is 5.97 Å². The summed E-state index contributed by atoms with van der Waals surface area (Å²) in [6, 6.07) is 7.91. The molecule has 142 valence electrons. The third kappa shape index (κ3) is 5.86. The maximum Gasteiger partial charge on any atom is 0.329 e. The van der Waals surface area contributed by atoms with Crippen molar-refractivity contribution < 1.29 is 19.1 Å². The third-order valence-corrected chi connectivity index (χ3v) is 4.54. The average molecular weight is 360 g/mol. The molecule has 1 N–H and O–H groups in total. The molecule has 2 rings (SSSR count). The molecule has 6 nitrogen and oxygen atoms in total. The minimum atomic E-state index is -0.792. The topological polar surface area (TPSA) is 75.7 Å². The van der Waals surface area contributed by atoms with Crippen molar-refractivity contribution >= 4 is 17.8 Å². The van der Waals surface area contributed by atoms with E-state index in [1.165, 1.54) is 0 Å². The van der Waals surface area contributed by atoms with Crippen LogP contribution in [0.2, 0.25) is 0 Å². The van der Waals surface area contributed by atoms with E-state index in [1.54, 1.807) is 29.2 Å². The van der Waals surface area contributed by atoms with Crippen LogP contribution in [0.5, 0.6) is 0 Å². The lowest BCUT2D eigenvalue weighted by molar-refractivity contribution is -0.154. The first-order valence-corrected chi connectivity index (χ1v) is 9.29. The summed E-state index contributed by atoms with van der Waals surface area (Å²) in [6.07, 6.45) is 4.23. The molecule has 1 aromatic carbocycles. The van der Waals surface area contributed by atoms with Gasteiger partial charge < -0.3 is 15.0 Å². The van der Waals surface area contributed by atoms with Crippen LogP contribution in [-0.2, 0) is 14.3 Å². The number of hydrogen-bond donors (Lipinski definition) is 1. The second kappa shape index (κ2) is 9.94. The number of carbonyl (C=O) groups is 3. The van der Waals surface area contributed by atoms with Crippen molar-refractivity contribution in [2.45, 2.75) is 45.6 Å². The van der Waals surface area contributed by atoms with E-state index in [0.717, 1.165) is 38.8 Å². The van der Waals surface area contributed by atoms with Gasteiger partial charge in [-0.05, 0) is 30.9 Å². The van der Waals surface area contributed by atoms with Crippen molar-refractivity contribution in [1.29, 1.82) is 0 Å². The van der Waals surface area contributed by atoms with Crippen molar-refractivity contribution in [1.82, 2.24) is 10.2 Å². The Balaban J connectivity index is 1.89. The monoisotopic (exact) mass is 360 g/mol. The summed E-state index contributed by atoms with van der Waals surface area (Å²) in [5.74, 6) is -1.23. The zero-order valence-corrected chi connectivity index (χ0v) is 15.6. The van der Waals surface area contributed by atoms with E-state index in [9.17, 15) is 14.4 Å². The molecule has 0 aliphatic carbocycles. The molecule has 0 unspecified atom stereocenters. The maximum atomic E-state index is 12.4. The highest BCUT2D eigenvalue weighted by atomic mass is 16.5. The van der Waals surface area contributed by atoms with Gasteiger partial charge in [-0.1, -0.05) is 44.9 Å². The van der Waals surface area contributed by atoms with Crippen LogP contribution < -0.4 is 5.32 Å². The van der Waals surface area contributed by atoms with Gasteiger partial charge in [0.25, 0.3) is 11.8 Å². The molecule has 0 bridgehead atoms. The Labute approximate surface area is 154 Å². The fourth-order valence-electron chi connectivity index (χ4n) is 2.95. The van der Waals surface area contributed by atoms with Crippen LogP contribution in [0, 0.1) is 5.92 Å². The molecule has 0 radical (unpaired) electrons. The van der Waals surface area contributed by atoms with E-state index >= 15 is 0 Å². The lowest BCUT2D eigenvalue weighted by Gasteiger charge is -2.23. The molecule has 1 heterocycles. The Bertz CT molecular complexity index is 607. The van der Waals surface area contributed by atoms with E-state index in [-0.39, 0.29) is 24.3 Å².